The fourth-order valence-electron chi connectivity index (χ4n) is 3.92. The highest BCUT2D eigenvalue weighted by atomic mass is 35.5. The summed E-state index contributed by atoms with van der Waals surface area (Å²) in [6.45, 7) is 2.31. The van der Waals surface area contributed by atoms with E-state index in [1.807, 2.05) is 0 Å². The van der Waals surface area contributed by atoms with Crippen LogP contribution in [0.3, 0.4) is 0 Å². The standard InChI is InChI=1S/C18H25N3O5.ClH/c1-25-15-9-12(14(21(23)24)10-16(15)26-2)3-6-20-17(22)13-11-18(13)4-7-19-8-5-18;/h9-10,13,19H,3-8,11H2,1-2H3,(H,20,22);1H. The number of ether oxygens (including phenoxy) is 2. The van der Waals surface area contributed by atoms with Crippen LogP contribution in [0.4, 0.5) is 5.69 Å². The molecule has 1 atom stereocenters. The van der Waals surface area contributed by atoms with Crippen molar-refractivity contribution >= 4 is 24.0 Å². The van der Waals surface area contributed by atoms with Crippen LogP contribution in [-0.2, 0) is 11.2 Å². The Bertz CT molecular complexity index is 706. The van der Waals surface area contributed by atoms with E-state index in [1.165, 1.54) is 20.3 Å². The van der Waals surface area contributed by atoms with Gasteiger partial charge in [0.25, 0.3) is 5.69 Å². The second-order valence-corrected chi connectivity index (χ2v) is 7.00. The van der Waals surface area contributed by atoms with E-state index in [1.54, 1.807) is 6.07 Å². The molecule has 1 aliphatic carbocycles. The van der Waals surface area contributed by atoms with Gasteiger partial charge in [-0.15, -0.1) is 12.4 Å². The van der Waals surface area contributed by atoms with Gasteiger partial charge < -0.3 is 20.1 Å². The summed E-state index contributed by atoms with van der Waals surface area (Å²) in [5.41, 5.74) is 0.670. The molecular formula is C18H26ClN3O5. The topological polar surface area (TPSA) is 103 Å². The van der Waals surface area contributed by atoms with Crippen molar-refractivity contribution in [2.24, 2.45) is 11.3 Å². The van der Waals surface area contributed by atoms with Crippen molar-refractivity contribution in [2.75, 3.05) is 33.9 Å². The lowest BCUT2D eigenvalue weighted by Gasteiger charge is -2.23. The molecule has 1 amide bonds. The van der Waals surface area contributed by atoms with Gasteiger partial charge >= 0.3 is 0 Å². The number of nitro groups is 1. The lowest BCUT2D eigenvalue weighted by atomic mass is 9.92. The zero-order valence-electron chi connectivity index (χ0n) is 15.6. The monoisotopic (exact) mass is 399 g/mol. The summed E-state index contributed by atoms with van der Waals surface area (Å²) < 4.78 is 10.3. The molecule has 0 bridgehead atoms. The van der Waals surface area contributed by atoms with E-state index in [0.717, 1.165) is 32.4 Å². The highest BCUT2D eigenvalue weighted by molar-refractivity contribution is 5.85. The van der Waals surface area contributed by atoms with Crippen molar-refractivity contribution in [1.29, 1.82) is 0 Å². The number of amides is 1. The first-order valence-electron chi connectivity index (χ1n) is 8.88. The summed E-state index contributed by atoms with van der Waals surface area (Å²) in [5, 5.41) is 17.6. The highest BCUT2D eigenvalue weighted by Gasteiger charge is 2.57. The number of nitrogens with one attached hydrogen (secondary N) is 2. The third-order valence-corrected chi connectivity index (χ3v) is 5.58. The normalized spacial score (nSPS) is 19.7. The van der Waals surface area contributed by atoms with Crippen molar-refractivity contribution in [2.45, 2.75) is 25.7 Å². The van der Waals surface area contributed by atoms with E-state index in [9.17, 15) is 14.9 Å². The maximum atomic E-state index is 12.4. The van der Waals surface area contributed by atoms with Gasteiger partial charge in [0.05, 0.1) is 25.2 Å². The smallest absolute Gasteiger partial charge is 0.276 e. The van der Waals surface area contributed by atoms with Gasteiger partial charge in [-0.3, -0.25) is 14.9 Å². The number of methoxy groups -OCH3 is 2. The SMILES string of the molecule is COc1cc(CCNC(=O)C2CC23CCNCC3)c([N+](=O)[O-])cc1OC.Cl. The lowest BCUT2D eigenvalue weighted by molar-refractivity contribution is -0.385. The number of nitro benzene ring substituents is 1. The zero-order valence-corrected chi connectivity index (χ0v) is 16.4. The van der Waals surface area contributed by atoms with Crippen LogP contribution >= 0.6 is 12.4 Å². The molecule has 1 unspecified atom stereocenters. The number of carbonyl (C=O) groups is 1. The first-order chi connectivity index (χ1) is 12.5. The first-order valence-corrected chi connectivity index (χ1v) is 8.88. The number of nitrogens with zero attached hydrogens (tertiary/aromatic N) is 1. The predicted molar refractivity (Wildman–Crippen MR) is 103 cm³/mol. The van der Waals surface area contributed by atoms with Gasteiger partial charge in [0.1, 0.15) is 0 Å². The Morgan fingerprint density at radius 1 is 1.30 bits per heavy atom. The van der Waals surface area contributed by atoms with Gasteiger partial charge in [-0.05, 0) is 50.3 Å². The summed E-state index contributed by atoms with van der Waals surface area (Å²) in [7, 11) is 2.93. The van der Waals surface area contributed by atoms with Crippen molar-refractivity contribution in [3.05, 3.63) is 27.8 Å². The minimum atomic E-state index is -0.440. The lowest BCUT2D eigenvalue weighted by Crippen LogP contribution is -2.34. The third-order valence-electron chi connectivity index (χ3n) is 5.58. The molecule has 1 saturated heterocycles. The van der Waals surface area contributed by atoms with Crippen LogP contribution in [0.25, 0.3) is 0 Å². The Morgan fingerprint density at radius 2 is 1.93 bits per heavy atom. The summed E-state index contributed by atoms with van der Waals surface area (Å²) >= 11 is 0. The fraction of sp³-hybridized carbons (Fsp3) is 0.611. The second kappa shape index (κ2) is 8.75. The predicted octanol–water partition coefficient (Wildman–Crippen LogP) is 2.08. The highest BCUT2D eigenvalue weighted by Crippen LogP contribution is 2.58. The number of piperidine rings is 1. The minimum absolute atomic E-state index is 0. The van der Waals surface area contributed by atoms with Crippen molar-refractivity contribution in [1.82, 2.24) is 10.6 Å². The minimum Gasteiger partial charge on any atom is -0.493 e. The first kappa shape index (κ1) is 21.2. The number of halogens is 1. The summed E-state index contributed by atoms with van der Waals surface area (Å²) in [6.07, 6.45) is 3.42. The average molecular weight is 400 g/mol. The molecule has 1 spiro atoms. The van der Waals surface area contributed by atoms with Gasteiger partial charge in [0, 0.05) is 18.0 Å². The van der Waals surface area contributed by atoms with Crippen molar-refractivity contribution in [3.63, 3.8) is 0 Å². The van der Waals surface area contributed by atoms with Gasteiger partial charge in [-0.2, -0.15) is 0 Å². The van der Waals surface area contributed by atoms with Crippen LogP contribution in [0.15, 0.2) is 12.1 Å². The van der Waals surface area contributed by atoms with Crippen LogP contribution < -0.4 is 20.1 Å². The molecule has 0 aromatic heterocycles. The molecule has 1 aliphatic heterocycles. The molecule has 1 heterocycles. The van der Waals surface area contributed by atoms with E-state index in [4.69, 9.17) is 9.47 Å². The number of carbonyl (C=O) groups excluding carboxylic acids is 1. The van der Waals surface area contributed by atoms with Crippen LogP contribution in [0.2, 0.25) is 0 Å². The van der Waals surface area contributed by atoms with Gasteiger partial charge in [-0.25, -0.2) is 0 Å². The van der Waals surface area contributed by atoms with E-state index >= 15 is 0 Å². The molecule has 2 N–H and O–H groups in total. The van der Waals surface area contributed by atoms with Crippen LogP contribution in [0.1, 0.15) is 24.8 Å². The summed E-state index contributed by atoms with van der Waals surface area (Å²) in [6, 6.07) is 2.97. The number of hydrogen-bond donors (Lipinski definition) is 2. The van der Waals surface area contributed by atoms with Gasteiger partial charge in [0.2, 0.25) is 5.91 Å². The number of hydrogen-bond acceptors (Lipinski definition) is 6. The third kappa shape index (κ3) is 4.44. The molecule has 8 nitrogen and oxygen atoms in total. The Labute approximate surface area is 164 Å². The van der Waals surface area contributed by atoms with Gasteiger partial charge in [0.15, 0.2) is 11.5 Å². The van der Waals surface area contributed by atoms with E-state index in [0.29, 0.717) is 30.0 Å². The van der Waals surface area contributed by atoms with Crippen LogP contribution in [0.5, 0.6) is 11.5 Å². The maximum absolute atomic E-state index is 12.4. The van der Waals surface area contributed by atoms with Gasteiger partial charge in [-0.1, -0.05) is 0 Å². The Morgan fingerprint density at radius 3 is 2.52 bits per heavy atom. The Hall–Kier alpha value is -2.06. The summed E-state index contributed by atoms with van der Waals surface area (Å²) in [5.74, 6) is 0.910. The summed E-state index contributed by atoms with van der Waals surface area (Å²) in [4.78, 5) is 23.3. The second-order valence-electron chi connectivity index (χ2n) is 7.00. The molecule has 150 valence electrons. The molecule has 1 saturated carbocycles. The quantitative estimate of drug-likeness (QED) is 0.537. The number of benzene rings is 1. The average Bonchev–Trinajstić information content (AvgIpc) is 3.34. The van der Waals surface area contributed by atoms with Crippen LogP contribution in [0, 0.1) is 21.4 Å². The molecule has 1 aromatic rings. The van der Waals surface area contributed by atoms with E-state index in [-0.39, 0.29) is 35.3 Å². The molecule has 3 rings (SSSR count). The molecule has 2 fully saturated rings. The fourth-order valence-corrected chi connectivity index (χ4v) is 3.92. The Kier molecular flexibility index (Phi) is 6.89. The Balaban J connectivity index is 0.00000261. The molecule has 0 radical (unpaired) electrons. The van der Waals surface area contributed by atoms with E-state index in [2.05, 4.69) is 10.6 Å². The molecule has 27 heavy (non-hydrogen) atoms. The zero-order chi connectivity index (χ0) is 18.7. The number of rotatable bonds is 7. The molecule has 2 aliphatic rings. The van der Waals surface area contributed by atoms with Crippen molar-refractivity contribution < 1.29 is 19.2 Å². The van der Waals surface area contributed by atoms with Crippen molar-refractivity contribution in [3.8, 4) is 11.5 Å². The molecular weight excluding hydrogens is 374 g/mol. The molecule has 1 aromatic carbocycles. The largest absolute Gasteiger partial charge is 0.493 e. The van der Waals surface area contributed by atoms with Crippen LogP contribution in [-0.4, -0.2) is 44.7 Å². The van der Waals surface area contributed by atoms with E-state index < -0.39 is 4.92 Å². The molecule has 9 heteroatoms. The maximum Gasteiger partial charge on any atom is 0.276 e.